The third-order valence-electron chi connectivity index (χ3n) is 3.71. The quantitative estimate of drug-likeness (QED) is 0.781. The van der Waals surface area contributed by atoms with Gasteiger partial charge in [-0.1, -0.05) is 24.3 Å². The predicted octanol–water partition coefficient (Wildman–Crippen LogP) is 1.08. The number of rotatable bonds is 4. The van der Waals surface area contributed by atoms with Crippen molar-refractivity contribution in [2.24, 2.45) is 5.73 Å². The molecule has 1 aliphatic rings. The molecule has 0 fully saturated rings. The Morgan fingerprint density at radius 1 is 1.52 bits per heavy atom. The molecule has 1 amide bonds. The van der Waals surface area contributed by atoms with Crippen LogP contribution in [0.5, 0.6) is 0 Å². The highest BCUT2D eigenvalue weighted by molar-refractivity contribution is 5.92. The second-order valence-electron chi connectivity index (χ2n) is 5.12. The molecule has 6 nitrogen and oxygen atoms in total. The maximum Gasteiger partial charge on any atom is 0.273 e. The summed E-state index contributed by atoms with van der Waals surface area (Å²) in [6.07, 6.45) is 3.10. The molecule has 0 aliphatic heterocycles. The van der Waals surface area contributed by atoms with Crippen LogP contribution < -0.4 is 11.1 Å². The molecule has 21 heavy (non-hydrogen) atoms. The van der Waals surface area contributed by atoms with E-state index in [1.165, 1.54) is 11.8 Å². The van der Waals surface area contributed by atoms with Crippen molar-refractivity contribution < 1.29 is 14.3 Å². The predicted molar refractivity (Wildman–Crippen MR) is 75.5 cm³/mol. The molecule has 0 bridgehead atoms. The highest BCUT2D eigenvalue weighted by Crippen LogP contribution is 2.30. The van der Waals surface area contributed by atoms with Crippen LogP contribution in [0.3, 0.4) is 0 Å². The molecule has 2 atom stereocenters. The molecule has 4 N–H and O–H groups in total. The molecule has 1 aliphatic carbocycles. The summed E-state index contributed by atoms with van der Waals surface area (Å²) in [6.45, 7) is -0.280. The number of amides is 1. The summed E-state index contributed by atoms with van der Waals surface area (Å²) < 4.78 is 5.12. The lowest BCUT2D eigenvalue weighted by molar-refractivity contribution is 0.0931. The van der Waals surface area contributed by atoms with Gasteiger partial charge in [0.1, 0.15) is 12.3 Å². The number of hydrogen-bond acceptors (Lipinski definition) is 5. The van der Waals surface area contributed by atoms with Crippen molar-refractivity contribution in [3.05, 3.63) is 53.2 Å². The molecule has 1 heterocycles. The van der Waals surface area contributed by atoms with Crippen LogP contribution in [0, 0.1) is 0 Å². The van der Waals surface area contributed by atoms with Crippen molar-refractivity contribution in [2.75, 3.05) is 6.61 Å². The minimum absolute atomic E-state index is 0.000338. The first-order chi connectivity index (χ1) is 10.2. The first kappa shape index (κ1) is 13.8. The highest BCUT2D eigenvalue weighted by atomic mass is 16.3. The van der Waals surface area contributed by atoms with E-state index in [-0.39, 0.29) is 30.1 Å². The molecule has 0 radical (unpaired) electrons. The molecule has 2 unspecified atom stereocenters. The normalized spacial score (nSPS) is 18.3. The number of nitrogens with one attached hydrogen (secondary N) is 1. The number of aromatic nitrogens is 1. The summed E-state index contributed by atoms with van der Waals surface area (Å²) in [5, 5.41) is 11.9. The molecule has 110 valence electrons. The largest absolute Gasteiger partial charge is 0.446 e. The van der Waals surface area contributed by atoms with E-state index in [1.54, 1.807) is 0 Å². The zero-order valence-electron chi connectivity index (χ0n) is 11.5. The summed E-state index contributed by atoms with van der Waals surface area (Å²) >= 11 is 0. The summed E-state index contributed by atoms with van der Waals surface area (Å²) in [7, 11) is 0. The number of nitrogens with zero attached hydrogens (tertiary/aromatic N) is 1. The summed E-state index contributed by atoms with van der Waals surface area (Å²) in [6, 6.07) is 7.37. The number of aliphatic hydroxyl groups is 1. The molecule has 0 spiro atoms. The number of oxazole rings is 1. The van der Waals surface area contributed by atoms with E-state index in [2.05, 4.69) is 16.4 Å². The number of hydrogen-bond donors (Lipinski definition) is 3. The van der Waals surface area contributed by atoms with E-state index in [0.717, 1.165) is 18.4 Å². The number of benzene rings is 1. The summed E-state index contributed by atoms with van der Waals surface area (Å²) in [4.78, 5) is 16.2. The Bertz CT molecular complexity index is 653. The van der Waals surface area contributed by atoms with Gasteiger partial charge in [0.25, 0.3) is 5.91 Å². The van der Waals surface area contributed by atoms with Gasteiger partial charge in [-0.2, -0.15) is 0 Å². The van der Waals surface area contributed by atoms with Crippen molar-refractivity contribution in [1.82, 2.24) is 10.3 Å². The lowest BCUT2D eigenvalue weighted by Crippen LogP contribution is -2.27. The van der Waals surface area contributed by atoms with Crippen molar-refractivity contribution in [2.45, 2.75) is 24.9 Å². The number of fused-ring (bicyclic) bond motifs is 1. The van der Waals surface area contributed by atoms with Crippen molar-refractivity contribution >= 4 is 5.91 Å². The molecular weight excluding hydrogens is 270 g/mol. The van der Waals surface area contributed by atoms with Crippen LogP contribution in [-0.4, -0.2) is 22.6 Å². The SMILES string of the molecule is NC(CO)c1nc(C(=O)NC2CCc3ccccc32)co1. The van der Waals surface area contributed by atoms with Crippen LogP contribution in [0.4, 0.5) is 0 Å². The van der Waals surface area contributed by atoms with Crippen LogP contribution in [0.25, 0.3) is 0 Å². The maximum atomic E-state index is 12.2. The van der Waals surface area contributed by atoms with Crippen LogP contribution >= 0.6 is 0 Å². The molecular formula is C15H17N3O3. The van der Waals surface area contributed by atoms with E-state index in [9.17, 15) is 4.79 Å². The summed E-state index contributed by atoms with van der Waals surface area (Å²) in [5.41, 5.74) is 8.20. The van der Waals surface area contributed by atoms with Gasteiger partial charge in [0, 0.05) is 0 Å². The third-order valence-corrected chi connectivity index (χ3v) is 3.71. The zero-order chi connectivity index (χ0) is 14.8. The second kappa shape index (κ2) is 5.67. The van der Waals surface area contributed by atoms with Gasteiger partial charge in [0.15, 0.2) is 5.69 Å². The van der Waals surface area contributed by atoms with Crippen LogP contribution in [0.15, 0.2) is 34.9 Å². The van der Waals surface area contributed by atoms with Crippen molar-refractivity contribution in [3.63, 3.8) is 0 Å². The van der Waals surface area contributed by atoms with E-state index in [1.807, 2.05) is 18.2 Å². The Morgan fingerprint density at radius 3 is 3.14 bits per heavy atom. The van der Waals surface area contributed by atoms with Gasteiger partial charge in [-0.25, -0.2) is 4.98 Å². The van der Waals surface area contributed by atoms with Gasteiger partial charge >= 0.3 is 0 Å². The first-order valence-corrected chi connectivity index (χ1v) is 6.89. The van der Waals surface area contributed by atoms with Crippen LogP contribution in [-0.2, 0) is 6.42 Å². The Morgan fingerprint density at radius 2 is 2.33 bits per heavy atom. The fourth-order valence-electron chi connectivity index (χ4n) is 2.58. The number of carbonyl (C=O) groups is 1. The Hall–Kier alpha value is -2.18. The van der Waals surface area contributed by atoms with Gasteiger partial charge in [0.05, 0.1) is 12.6 Å². The molecule has 3 rings (SSSR count). The average Bonchev–Trinajstić information content (AvgIpc) is 3.14. The number of aryl methyl sites for hydroxylation is 1. The minimum atomic E-state index is -0.709. The summed E-state index contributed by atoms with van der Waals surface area (Å²) in [5.74, 6) is -0.133. The zero-order valence-corrected chi connectivity index (χ0v) is 11.5. The lowest BCUT2D eigenvalue weighted by atomic mass is 10.1. The van der Waals surface area contributed by atoms with E-state index in [0.29, 0.717) is 0 Å². The Balaban J connectivity index is 1.71. The van der Waals surface area contributed by atoms with Gasteiger partial charge < -0.3 is 20.6 Å². The second-order valence-corrected chi connectivity index (χ2v) is 5.12. The molecule has 0 saturated heterocycles. The highest BCUT2D eigenvalue weighted by Gasteiger charge is 2.25. The fraction of sp³-hybridized carbons (Fsp3) is 0.333. The van der Waals surface area contributed by atoms with Gasteiger partial charge in [-0.15, -0.1) is 0 Å². The van der Waals surface area contributed by atoms with E-state index < -0.39 is 6.04 Å². The smallest absolute Gasteiger partial charge is 0.273 e. The lowest BCUT2D eigenvalue weighted by Gasteiger charge is -2.12. The van der Waals surface area contributed by atoms with Crippen molar-refractivity contribution in [3.8, 4) is 0 Å². The van der Waals surface area contributed by atoms with Crippen LogP contribution in [0.2, 0.25) is 0 Å². The van der Waals surface area contributed by atoms with E-state index >= 15 is 0 Å². The third kappa shape index (κ3) is 2.68. The molecule has 6 heteroatoms. The first-order valence-electron chi connectivity index (χ1n) is 6.89. The van der Waals surface area contributed by atoms with Gasteiger partial charge in [-0.05, 0) is 24.0 Å². The van der Waals surface area contributed by atoms with E-state index in [4.69, 9.17) is 15.3 Å². The number of nitrogens with two attached hydrogens (primary N) is 1. The van der Waals surface area contributed by atoms with Gasteiger partial charge in [0.2, 0.25) is 5.89 Å². The average molecular weight is 287 g/mol. The molecule has 0 saturated carbocycles. The van der Waals surface area contributed by atoms with Crippen LogP contribution in [0.1, 0.15) is 46.0 Å². The van der Waals surface area contributed by atoms with Crippen molar-refractivity contribution in [1.29, 1.82) is 0 Å². The standard InChI is InChI=1S/C15H17N3O3/c16-11(7-19)15-18-13(8-21-15)14(20)17-12-6-5-9-3-1-2-4-10(9)12/h1-4,8,11-12,19H,5-7,16H2,(H,17,20). The molecule has 2 aromatic rings. The Kier molecular flexibility index (Phi) is 3.72. The Labute approximate surface area is 122 Å². The topological polar surface area (TPSA) is 101 Å². The number of aliphatic hydroxyl groups excluding tert-OH is 1. The molecule has 1 aromatic carbocycles. The maximum absolute atomic E-state index is 12.2. The fourth-order valence-corrected chi connectivity index (χ4v) is 2.58. The molecule has 1 aromatic heterocycles. The van der Waals surface area contributed by atoms with Gasteiger partial charge in [-0.3, -0.25) is 4.79 Å². The monoisotopic (exact) mass is 287 g/mol. The minimum Gasteiger partial charge on any atom is -0.446 e. The number of carbonyl (C=O) groups excluding carboxylic acids is 1.